The zero-order chi connectivity index (χ0) is 22.9. The number of fused-ring (bicyclic) bond motifs is 1. The lowest BCUT2D eigenvalue weighted by Gasteiger charge is -2.04. The summed E-state index contributed by atoms with van der Waals surface area (Å²) in [7, 11) is -3.97. The second-order valence-electron chi connectivity index (χ2n) is 6.53. The van der Waals surface area contributed by atoms with E-state index < -0.39 is 21.7 Å². The minimum Gasteiger partial charge on any atom is -0.494 e. The largest absolute Gasteiger partial charge is 0.494 e. The van der Waals surface area contributed by atoms with Crippen LogP contribution in [0.3, 0.4) is 0 Å². The standard InChI is InChI=1S/C20H17FN4O4S3/c1-3-29-13-6-9-15-16(10-13)30-19(23-15)24-18(26)17-11(2)22-20(31-17)25-32(27,28)14-7-4-12(21)5-8-14/h4-10H,3H2,1-2H3,(H,22,25)(H,23,24,26). The van der Waals surface area contributed by atoms with Crippen molar-refractivity contribution in [3.8, 4) is 5.75 Å². The van der Waals surface area contributed by atoms with Gasteiger partial charge in [0.25, 0.3) is 15.9 Å². The molecular formula is C20H17FN4O4S3. The molecule has 166 valence electrons. The van der Waals surface area contributed by atoms with Crippen LogP contribution in [-0.4, -0.2) is 30.9 Å². The molecule has 0 saturated carbocycles. The maximum Gasteiger partial charge on any atom is 0.269 e. The molecule has 32 heavy (non-hydrogen) atoms. The van der Waals surface area contributed by atoms with Gasteiger partial charge >= 0.3 is 0 Å². The number of aromatic nitrogens is 2. The number of hydrogen-bond donors (Lipinski definition) is 2. The molecule has 2 aromatic carbocycles. The molecule has 2 aromatic heterocycles. The van der Waals surface area contributed by atoms with Crippen molar-refractivity contribution in [1.29, 1.82) is 0 Å². The van der Waals surface area contributed by atoms with Crippen molar-refractivity contribution < 1.29 is 22.3 Å². The number of ether oxygens (including phenoxy) is 1. The summed E-state index contributed by atoms with van der Waals surface area (Å²) >= 11 is 2.20. The first-order valence-corrected chi connectivity index (χ1v) is 12.5. The summed E-state index contributed by atoms with van der Waals surface area (Å²) in [4.78, 5) is 21.4. The first-order chi connectivity index (χ1) is 15.2. The van der Waals surface area contributed by atoms with Gasteiger partial charge in [0.15, 0.2) is 10.3 Å². The second-order valence-corrected chi connectivity index (χ2v) is 10.2. The van der Waals surface area contributed by atoms with E-state index in [1.165, 1.54) is 11.3 Å². The fourth-order valence-corrected chi connectivity index (χ4v) is 5.79. The first-order valence-electron chi connectivity index (χ1n) is 9.35. The maximum atomic E-state index is 13.1. The maximum absolute atomic E-state index is 13.1. The van der Waals surface area contributed by atoms with Gasteiger partial charge in [-0.2, -0.15) is 0 Å². The number of carbonyl (C=O) groups excluding carboxylic acids is 1. The Morgan fingerprint density at radius 1 is 1.09 bits per heavy atom. The Morgan fingerprint density at radius 3 is 2.56 bits per heavy atom. The molecule has 0 fully saturated rings. The number of rotatable bonds is 7. The molecule has 2 heterocycles. The number of nitrogens with one attached hydrogen (secondary N) is 2. The molecule has 4 aromatic rings. The number of benzene rings is 2. The molecule has 0 aliphatic carbocycles. The average molecular weight is 493 g/mol. The van der Waals surface area contributed by atoms with Gasteiger partial charge in [0.1, 0.15) is 16.4 Å². The van der Waals surface area contributed by atoms with Crippen molar-refractivity contribution in [2.45, 2.75) is 18.7 Å². The van der Waals surface area contributed by atoms with E-state index >= 15 is 0 Å². The molecular weight excluding hydrogens is 475 g/mol. The minimum absolute atomic E-state index is 0.0302. The lowest BCUT2D eigenvalue weighted by molar-refractivity contribution is 0.103. The number of nitrogens with zero attached hydrogens (tertiary/aromatic N) is 2. The fourth-order valence-electron chi connectivity index (χ4n) is 2.81. The van der Waals surface area contributed by atoms with Crippen LogP contribution in [0.1, 0.15) is 22.3 Å². The monoisotopic (exact) mass is 492 g/mol. The molecule has 4 rings (SSSR count). The quantitative estimate of drug-likeness (QED) is 0.389. The van der Waals surface area contributed by atoms with E-state index in [1.807, 2.05) is 25.1 Å². The van der Waals surface area contributed by atoms with Crippen LogP contribution in [0.15, 0.2) is 47.4 Å². The summed E-state index contributed by atoms with van der Waals surface area (Å²) in [6, 6.07) is 9.88. The Morgan fingerprint density at radius 2 is 1.84 bits per heavy atom. The predicted octanol–water partition coefficient (Wildman–Crippen LogP) is 4.65. The van der Waals surface area contributed by atoms with Gasteiger partial charge in [-0.05, 0) is 56.3 Å². The van der Waals surface area contributed by atoms with Crippen LogP contribution < -0.4 is 14.8 Å². The van der Waals surface area contributed by atoms with Gasteiger partial charge in [-0.1, -0.05) is 22.7 Å². The van der Waals surface area contributed by atoms with Crippen LogP contribution in [0.25, 0.3) is 10.2 Å². The van der Waals surface area contributed by atoms with Gasteiger partial charge in [0.2, 0.25) is 0 Å². The number of sulfonamides is 1. The zero-order valence-corrected chi connectivity index (χ0v) is 19.3. The molecule has 0 saturated heterocycles. The van der Waals surface area contributed by atoms with E-state index in [0.717, 1.165) is 51.6 Å². The van der Waals surface area contributed by atoms with Crippen LogP contribution in [0.5, 0.6) is 5.75 Å². The third-order valence-electron chi connectivity index (χ3n) is 4.24. The van der Waals surface area contributed by atoms with Crippen LogP contribution in [0, 0.1) is 12.7 Å². The van der Waals surface area contributed by atoms with Gasteiger partial charge in [-0.3, -0.25) is 14.8 Å². The van der Waals surface area contributed by atoms with Gasteiger partial charge in [-0.25, -0.2) is 22.8 Å². The second kappa shape index (κ2) is 8.81. The van der Waals surface area contributed by atoms with Gasteiger partial charge in [-0.15, -0.1) is 0 Å². The lowest BCUT2D eigenvalue weighted by Crippen LogP contribution is -2.12. The summed E-state index contributed by atoms with van der Waals surface area (Å²) in [5.41, 5.74) is 1.09. The zero-order valence-electron chi connectivity index (χ0n) is 16.9. The van der Waals surface area contributed by atoms with Crippen LogP contribution in [-0.2, 0) is 10.0 Å². The number of carbonyl (C=O) groups is 1. The Kier molecular flexibility index (Phi) is 6.09. The third-order valence-corrected chi connectivity index (χ3v) is 7.73. The topological polar surface area (TPSA) is 110 Å². The summed E-state index contributed by atoms with van der Waals surface area (Å²) in [6.45, 7) is 4.05. The van der Waals surface area contributed by atoms with Crippen molar-refractivity contribution in [2.24, 2.45) is 0 Å². The smallest absolute Gasteiger partial charge is 0.269 e. The molecule has 0 aliphatic heterocycles. The van der Waals surface area contributed by atoms with Crippen molar-refractivity contribution in [3.63, 3.8) is 0 Å². The minimum atomic E-state index is -3.97. The van der Waals surface area contributed by atoms with Crippen LogP contribution in [0.2, 0.25) is 0 Å². The predicted molar refractivity (Wildman–Crippen MR) is 123 cm³/mol. The number of hydrogen-bond acceptors (Lipinski definition) is 8. The Labute approximate surface area is 191 Å². The van der Waals surface area contributed by atoms with E-state index in [-0.39, 0.29) is 14.9 Å². The fraction of sp³-hybridized carbons (Fsp3) is 0.150. The number of aryl methyl sites for hydroxylation is 1. The highest BCUT2D eigenvalue weighted by Gasteiger charge is 2.21. The third kappa shape index (κ3) is 4.71. The molecule has 2 N–H and O–H groups in total. The molecule has 8 nitrogen and oxygen atoms in total. The Bertz CT molecular complexity index is 1400. The highest BCUT2D eigenvalue weighted by molar-refractivity contribution is 7.93. The molecule has 0 atom stereocenters. The molecule has 1 amide bonds. The number of amides is 1. The van der Waals surface area contributed by atoms with E-state index in [0.29, 0.717) is 17.4 Å². The highest BCUT2D eigenvalue weighted by atomic mass is 32.2. The summed E-state index contributed by atoms with van der Waals surface area (Å²) < 4.78 is 46.7. The van der Waals surface area contributed by atoms with Gasteiger partial charge in [0, 0.05) is 0 Å². The molecule has 12 heteroatoms. The normalized spacial score (nSPS) is 11.5. The Balaban J connectivity index is 1.51. The van der Waals surface area contributed by atoms with E-state index in [4.69, 9.17) is 4.74 Å². The summed E-state index contributed by atoms with van der Waals surface area (Å²) in [5, 5.41) is 3.17. The van der Waals surface area contributed by atoms with Crippen molar-refractivity contribution in [2.75, 3.05) is 16.6 Å². The van der Waals surface area contributed by atoms with Crippen LogP contribution >= 0.6 is 22.7 Å². The SMILES string of the molecule is CCOc1ccc2nc(NC(=O)c3sc(NS(=O)(=O)c4ccc(F)cc4)nc3C)sc2c1. The lowest BCUT2D eigenvalue weighted by atomic mass is 10.3. The molecule has 0 unspecified atom stereocenters. The van der Waals surface area contributed by atoms with Crippen molar-refractivity contribution in [3.05, 3.63) is 58.9 Å². The van der Waals surface area contributed by atoms with Crippen molar-refractivity contribution >= 4 is 59.1 Å². The molecule has 0 radical (unpaired) electrons. The molecule has 0 aliphatic rings. The number of anilines is 2. The van der Waals surface area contributed by atoms with Gasteiger partial charge < -0.3 is 4.74 Å². The number of halogens is 1. The van der Waals surface area contributed by atoms with E-state index in [1.54, 1.807) is 6.92 Å². The molecule has 0 spiro atoms. The van der Waals surface area contributed by atoms with Crippen molar-refractivity contribution in [1.82, 2.24) is 9.97 Å². The summed E-state index contributed by atoms with van der Waals surface area (Å²) in [5.74, 6) is -0.272. The average Bonchev–Trinajstić information content (AvgIpc) is 3.30. The summed E-state index contributed by atoms with van der Waals surface area (Å²) in [6.07, 6.45) is 0. The van der Waals surface area contributed by atoms with Crippen LogP contribution in [0.4, 0.5) is 14.7 Å². The molecule has 0 bridgehead atoms. The highest BCUT2D eigenvalue weighted by Crippen LogP contribution is 2.31. The Hall–Kier alpha value is -3.09. The van der Waals surface area contributed by atoms with Gasteiger partial charge in [0.05, 0.1) is 27.4 Å². The first kappa shape index (κ1) is 22.1. The van der Waals surface area contributed by atoms with E-state index in [2.05, 4.69) is 20.0 Å². The number of thiazole rings is 2. The van der Waals surface area contributed by atoms with E-state index in [9.17, 15) is 17.6 Å².